The minimum absolute atomic E-state index is 0. The number of esters is 1. The summed E-state index contributed by atoms with van der Waals surface area (Å²) in [5.41, 5.74) is 1.47. The van der Waals surface area contributed by atoms with E-state index in [0.29, 0.717) is 11.3 Å². The SMILES string of the molecule is Br.CC(=O)OCC1=C(C(=O)O)N2C(=O)C(N=C3CCCC3)[C@@H]2SC1. The summed E-state index contributed by atoms with van der Waals surface area (Å²) in [6.45, 7) is 1.17. The van der Waals surface area contributed by atoms with E-state index in [1.807, 2.05) is 0 Å². The predicted octanol–water partition coefficient (Wildman–Crippen LogP) is 1.76. The molecule has 0 radical (unpaired) electrons. The van der Waals surface area contributed by atoms with Crippen LogP contribution in [0.2, 0.25) is 0 Å². The lowest BCUT2D eigenvalue weighted by molar-refractivity contribution is -0.148. The minimum Gasteiger partial charge on any atom is -0.477 e. The molecule has 2 fully saturated rings. The van der Waals surface area contributed by atoms with Gasteiger partial charge in [0.2, 0.25) is 0 Å². The van der Waals surface area contributed by atoms with Gasteiger partial charge in [0.25, 0.3) is 5.91 Å². The second-order valence-corrected chi connectivity index (χ2v) is 6.90. The van der Waals surface area contributed by atoms with Gasteiger partial charge in [-0.2, -0.15) is 0 Å². The lowest BCUT2D eigenvalue weighted by Gasteiger charge is -2.47. The number of thioether (sulfide) groups is 1. The van der Waals surface area contributed by atoms with Crippen molar-refractivity contribution in [2.24, 2.45) is 4.99 Å². The standard InChI is InChI=1S/C15H18N2O5S.BrH/c1-8(18)22-6-9-7-23-14-11(16-10-4-2-3-5-10)13(19)17(14)12(9)15(20)21;/h11,14H,2-7H2,1H3,(H,20,21);1H/t11?,14-;/m0./s1. The third-order valence-electron chi connectivity index (χ3n) is 4.17. The summed E-state index contributed by atoms with van der Waals surface area (Å²) >= 11 is 1.47. The Bertz CT molecular complexity index is 625. The summed E-state index contributed by atoms with van der Waals surface area (Å²) in [5, 5.41) is 9.19. The van der Waals surface area contributed by atoms with Gasteiger partial charge in [0.1, 0.15) is 17.7 Å². The number of aliphatic imine (C=N–C) groups is 1. The van der Waals surface area contributed by atoms with Crippen molar-refractivity contribution in [1.29, 1.82) is 0 Å². The van der Waals surface area contributed by atoms with Crippen LogP contribution in [0.1, 0.15) is 32.6 Å². The largest absolute Gasteiger partial charge is 0.477 e. The number of rotatable bonds is 4. The molecule has 1 saturated heterocycles. The zero-order valence-corrected chi connectivity index (χ0v) is 15.7. The Kier molecular flexibility index (Phi) is 6.08. The van der Waals surface area contributed by atoms with Crippen LogP contribution in [0.25, 0.3) is 0 Å². The van der Waals surface area contributed by atoms with Gasteiger partial charge < -0.3 is 9.84 Å². The first-order valence-electron chi connectivity index (χ1n) is 7.58. The van der Waals surface area contributed by atoms with Crippen molar-refractivity contribution in [3.8, 4) is 0 Å². The molecule has 0 aromatic carbocycles. The molecule has 7 nitrogen and oxygen atoms in total. The molecule has 132 valence electrons. The number of carbonyl (C=O) groups is 3. The number of β-lactam (4-membered cyclic amide) rings is 1. The summed E-state index contributed by atoms with van der Waals surface area (Å²) in [6.07, 6.45) is 4.07. The first-order chi connectivity index (χ1) is 11.0. The Morgan fingerprint density at radius 1 is 1.38 bits per heavy atom. The van der Waals surface area contributed by atoms with Crippen LogP contribution in [0.15, 0.2) is 16.3 Å². The average molecular weight is 419 g/mol. The molecule has 1 N–H and O–H groups in total. The Labute approximate surface area is 154 Å². The van der Waals surface area contributed by atoms with E-state index >= 15 is 0 Å². The highest BCUT2D eigenvalue weighted by molar-refractivity contribution is 8.93. The van der Waals surface area contributed by atoms with Crippen molar-refractivity contribution in [2.75, 3.05) is 12.4 Å². The number of carboxylic acid groups (broad SMARTS) is 1. The normalized spacial score (nSPS) is 25.6. The van der Waals surface area contributed by atoms with E-state index < -0.39 is 18.0 Å². The number of carbonyl (C=O) groups excluding carboxylic acids is 2. The molecule has 1 unspecified atom stereocenters. The molecule has 3 rings (SSSR count). The molecule has 9 heteroatoms. The number of aliphatic carboxylic acids is 1. The Morgan fingerprint density at radius 2 is 2.04 bits per heavy atom. The maximum Gasteiger partial charge on any atom is 0.352 e. The molecule has 2 atom stereocenters. The van der Waals surface area contributed by atoms with Crippen LogP contribution in [-0.4, -0.2) is 57.3 Å². The van der Waals surface area contributed by atoms with E-state index in [0.717, 1.165) is 31.4 Å². The second kappa shape index (κ2) is 7.69. The monoisotopic (exact) mass is 418 g/mol. The zero-order chi connectivity index (χ0) is 16.6. The van der Waals surface area contributed by atoms with Gasteiger partial charge in [-0.05, 0) is 25.7 Å². The zero-order valence-electron chi connectivity index (χ0n) is 13.2. The highest BCUT2D eigenvalue weighted by Gasteiger charge is 2.53. The summed E-state index contributed by atoms with van der Waals surface area (Å²) in [4.78, 5) is 40.7. The molecule has 1 amide bonds. The number of nitrogens with zero attached hydrogens (tertiary/aromatic N) is 2. The maximum atomic E-state index is 12.4. The fourth-order valence-corrected chi connectivity index (χ4v) is 4.37. The average Bonchev–Trinajstić information content (AvgIpc) is 3.02. The van der Waals surface area contributed by atoms with Crippen LogP contribution in [0.5, 0.6) is 0 Å². The van der Waals surface area contributed by atoms with Gasteiger partial charge in [-0.3, -0.25) is 19.5 Å². The molecule has 2 aliphatic heterocycles. The van der Waals surface area contributed by atoms with Gasteiger partial charge in [-0.1, -0.05) is 0 Å². The summed E-state index contributed by atoms with van der Waals surface area (Å²) in [5.74, 6) is -1.50. The molecule has 0 aromatic heterocycles. The van der Waals surface area contributed by atoms with Crippen LogP contribution in [0, 0.1) is 0 Å². The van der Waals surface area contributed by atoms with E-state index in [4.69, 9.17) is 4.74 Å². The van der Waals surface area contributed by atoms with Gasteiger partial charge in [0.05, 0.1) is 0 Å². The van der Waals surface area contributed by atoms with Crippen molar-refractivity contribution in [2.45, 2.75) is 44.0 Å². The highest BCUT2D eigenvalue weighted by Crippen LogP contribution is 2.42. The van der Waals surface area contributed by atoms with Crippen LogP contribution in [0.4, 0.5) is 0 Å². The summed E-state index contributed by atoms with van der Waals surface area (Å²) in [7, 11) is 0. The fraction of sp³-hybridized carbons (Fsp3) is 0.600. The number of carboxylic acids is 1. The van der Waals surface area contributed by atoms with Crippen LogP contribution >= 0.6 is 28.7 Å². The van der Waals surface area contributed by atoms with E-state index in [2.05, 4.69) is 4.99 Å². The number of amides is 1. The summed E-state index contributed by atoms with van der Waals surface area (Å²) in [6, 6.07) is -0.474. The number of halogens is 1. The maximum absolute atomic E-state index is 12.4. The molecular formula is C15H19BrN2O5S. The number of hydrogen-bond acceptors (Lipinski definition) is 6. The van der Waals surface area contributed by atoms with Gasteiger partial charge in [0, 0.05) is 24.0 Å². The third kappa shape index (κ3) is 3.51. The number of hydrogen-bond donors (Lipinski definition) is 1. The van der Waals surface area contributed by atoms with Crippen LogP contribution in [-0.2, 0) is 19.1 Å². The number of ether oxygens (including phenoxy) is 1. The second-order valence-electron chi connectivity index (χ2n) is 5.79. The quantitative estimate of drug-likeness (QED) is 0.551. The Morgan fingerprint density at radius 3 is 2.62 bits per heavy atom. The van der Waals surface area contributed by atoms with Gasteiger partial charge in [0.15, 0.2) is 6.04 Å². The molecular weight excluding hydrogens is 400 g/mol. The van der Waals surface area contributed by atoms with Crippen molar-refractivity contribution in [3.63, 3.8) is 0 Å². The van der Waals surface area contributed by atoms with Crippen molar-refractivity contribution in [3.05, 3.63) is 11.3 Å². The fourth-order valence-electron chi connectivity index (χ4n) is 3.06. The molecule has 0 spiro atoms. The molecule has 2 heterocycles. The molecule has 0 bridgehead atoms. The van der Waals surface area contributed by atoms with E-state index in [1.165, 1.54) is 23.6 Å². The molecule has 0 aromatic rings. The van der Waals surface area contributed by atoms with Crippen LogP contribution in [0.3, 0.4) is 0 Å². The highest BCUT2D eigenvalue weighted by atomic mass is 79.9. The first-order valence-corrected chi connectivity index (χ1v) is 8.63. The van der Waals surface area contributed by atoms with Crippen molar-refractivity contribution < 1.29 is 24.2 Å². The van der Waals surface area contributed by atoms with Gasteiger partial charge in [-0.15, -0.1) is 28.7 Å². The molecule has 1 saturated carbocycles. The van der Waals surface area contributed by atoms with Crippen LogP contribution < -0.4 is 0 Å². The van der Waals surface area contributed by atoms with Crippen molar-refractivity contribution >= 4 is 52.3 Å². The van der Waals surface area contributed by atoms with Gasteiger partial charge in [-0.25, -0.2) is 4.79 Å². The summed E-state index contributed by atoms with van der Waals surface area (Å²) < 4.78 is 4.90. The Hall–Kier alpha value is -1.35. The number of fused-ring (bicyclic) bond motifs is 1. The third-order valence-corrected chi connectivity index (χ3v) is 5.50. The van der Waals surface area contributed by atoms with Crippen molar-refractivity contribution in [1.82, 2.24) is 4.90 Å². The lowest BCUT2D eigenvalue weighted by atomic mass is 10.0. The topological polar surface area (TPSA) is 96.3 Å². The predicted molar refractivity (Wildman–Crippen MR) is 94.4 cm³/mol. The minimum atomic E-state index is -1.17. The molecule has 1 aliphatic carbocycles. The first kappa shape index (κ1) is 19.0. The Balaban J connectivity index is 0.00000208. The van der Waals surface area contributed by atoms with E-state index in [1.54, 1.807) is 0 Å². The van der Waals surface area contributed by atoms with Gasteiger partial charge >= 0.3 is 11.9 Å². The molecule has 3 aliphatic rings. The molecule has 24 heavy (non-hydrogen) atoms. The lowest BCUT2D eigenvalue weighted by Crippen LogP contribution is -2.64. The smallest absolute Gasteiger partial charge is 0.352 e. The van der Waals surface area contributed by atoms with E-state index in [-0.39, 0.29) is 40.6 Å². The van der Waals surface area contributed by atoms with E-state index in [9.17, 15) is 19.5 Å².